The fourth-order valence-corrected chi connectivity index (χ4v) is 5.48. The van der Waals surface area contributed by atoms with Gasteiger partial charge in [0.2, 0.25) is 0 Å². The van der Waals surface area contributed by atoms with Gasteiger partial charge in [0.05, 0.1) is 0 Å². The van der Waals surface area contributed by atoms with Gasteiger partial charge < -0.3 is 0 Å². The van der Waals surface area contributed by atoms with Crippen LogP contribution in [0.4, 0.5) is 0 Å². The van der Waals surface area contributed by atoms with E-state index in [1.807, 2.05) is 0 Å². The summed E-state index contributed by atoms with van der Waals surface area (Å²) in [7, 11) is 0. The molecule has 0 spiro atoms. The summed E-state index contributed by atoms with van der Waals surface area (Å²) in [5.74, 6) is 10.2. The molecule has 0 aromatic carbocycles. The minimum atomic E-state index is 0. The van der Waals surface area contributed by atoms with E-state index in [2.05, 4.69) is 228 Å². The average Bonchev–Trinajstić information content (AvgIpc) is 3.39. The van der Waals surface area contributed by atoms with Crippen LogP contribution in [-0.4, -0.2) is 0 Å². The normalized spacial score (nSPS) is 10.1. The highest BCUT2D eigenvalue weighted by Gasteiger charge is 2.11. The average molecular weight is 1320 g/mol. The zero-order chi connectivity index (χ0) is 58.4. The van der Waals surface area contributed by atoms with Crippen molar-refractivity contribution in [2.45, 2.75) is 543 Å². The van der Waals surface area contributed by atoms with E-state index in [0.717, 1.165) is 65.1 Å². The number of unbranched alkanes of at least 4 members (excludes halogenated alkanes) is 4. The molecule has 0 amide bonds. The Balaban J connectivity index is -0.0000000155. The van der Waals surface area contributed by atoms with Crippen LogP contribution in [-0.2, 0) is 0 Å². The molecule has 0 heteroatoms. The molecule has 0 rings (SSSR count). The Hall–Kier alpha value is 0. The maximum atomic E-state index is 2.38. The first-order chi connectivity index (χ1) is 33.4. The van der Waals surface area contributed by atoms with E-state index in [1.54, 1.807) is 0 Å². The van der Waals surface area contributed by atoms with Gasteiger partial charge in [-0.2, -0.15) is 0 Å². The topological polar surface area (TPSA) is 0 Å². The lowest BCUT2D eigenvalue weighted by molar-refractivity contribution is 0.315. The molecule has 0 aromatic rings. The molecule has 0 nitrogen and oxygen atoms in total. The summed E-state index contributed by atoms with van der Waals surface area (Å²) in [6, 6.07) is 0. The van der Waals surface area contributed by atoms with Gasteiger partial charge in [-0.1, -0.05) is 543 Å². The van der Waals surface area contributed by atoms with Gasteiger partial charge >= 0.3 is 0 Å². The summed E-state index contributed by atoms with van der Waals surface area (Å²) < 4.78 is 0. The zero-order valence-corrected chi connectivity index (χ0v) is 58.4. The van der Waals surface area contributed by atoms with E-state index >= 15 is 0 Å². The highest BCUT2D eigenvalue weighted by atomic mass is 14.2. The summed E-state index contributed by atoms with van der Waals surface area (Å²) in [6.07, 6.45) is 36.5. The van der Waals surface area contributed by atoms with Crippen LogP contribution in [0.2, 0.25) is 0 Å². The van der Waals surface area contributed by atoms with Crippen molar-refractivity contribution < 1.29 is 0 Å². The third-order valence-corrected chi connectivity index (χ3v) is 15.2. The molecular weight excluding hydrogens is 1080 g/mol. The van der Waals surface area contributed by atoms with Gasteiger partial charge in [-0.15, -0.1) is 0 Å². The summed E-state index contributed by atoms with van der Waals surface area (Å²) >= 11 is 0. The van der Waals surface area contributed by atoms with Crippen molar-refractivity contribution in [1.29, 1.82) is 0 Å². The van der Waals surface area contributed by atoms with Crippen molar-refractivity contribution in [3.05, 3.63) is 0 Å². The Morgan fingerprint density at radius 3 is 0.433 bits per heavy atom. The molecule has 0 bridgehead atoms. The van der Waals surface area contributed by atoms with Crippen LogP contribution in [0.15, 0.2) is 0 Å². The maximum Gasteiger partial charge on any atom is -0.0391 e. The maximum absolute atomic E-state index is 2.38. The van der Waals surface area contributed by atoms with Crippen LogP contribution in [0.5, 0.6) is 0 Å². The lowest BCUT2D eigenvalue weighted by atomic mass is 9.86. The molecule has 90 heavy (non-hydrogen) atoms. The van der Waals surface area contributed by atoms with Crippen molar-refractivity contribution in [2.24, 2.45) is 65.1 Å². The minimum Gasteiger partial charge on any atom is -0.0776 e. The molecule has 0 radical (unpaired) electrons. The smallest absolute Gasteiger partial charge is 0.0391 e. The van der Waals surface area contributed by atoms with Crippen molar-refractivity contribution in [2.75, 3.05) is 0 Å². The van der Waals surface area contributed by atoms with Gasteiger partial charge in [0, 0.05) is 0 Å². The largest absolute Gasteiger partial charge is 0.0776 e. The third kappa shape index (κ3) is 266. The Morgan fingerprint density at radius 1 is 0.156 bits per heavy atom. The minimum absolute atomic E-state index is 0. The molecule has 0 saturated carbocycles. The van der Waals surface area contributed by atoms with E-state index in [1.165, 1.54) is 173 Å². The molecule has 0 heterocycles. The molecule has 7 unspecified atom stereocenters. The molecule has 0 aliphatic rings. The molecule has 7 atom stereocenters. The Labute approximate surface area is 604 Å². The second-order valence-electron chi connectivity index (χ2n) is 23.2. The summed E-state index contributed by atoms with van der Waals surface area (Å²) in [5.41, 5.74) is 0. The Morgan fingerprint density at radius 2 is 0.344 bits per heavy atom. The van der Waals surface area contributed by atoms with Crippen molar-refractivity contribution in [3.63, 3.8) is 0 Å². The number of rotatable bonds is 27. The highest BCUT2D eigenvalue weighted by molar-refractivity contribution is 4.63. The first-order valence-electron chi connectivity index (χ1n) is 33.4. The Bertz CT molecular complexity index is 655. The fraction of sp³-hybridized carbons (Fsp3) is 1.00. The molecule has 0 aromatic heterocycles. The first kappa shape index (κ1) is 198. The van der Waals surface area contributed by atoms with E-state index in [9.17, 15) is 0 Å². The molecule has 0 aliphatic heterocycles. The number of hydrogen-bond acceptors (Lipinski definition) is 0. The van der Waals surface area contributed by atoms with Gasteiger partial charge in [-0.3, -0.25) is 0 Å². The standard InChI is InChI=1S/C10H22.2C8H18.2C7H16.2C6H14.3C5H12.C4H10.19CH4/c1-5-8-10(7-3)9(4)6-2;1-5-7(3)8(4)6-2;1-4-6-7-8(3)5-2;2*1-4-6-7(3)5-2;2*1-4-6(3)5-2;2*1-4-5(2)3;1-3-5-4-2;1-3-4-2;;;;;;;;;;;;;;;;;;;/h9-10H,5-8H2,1-4H3;7-8H,5-6H2,1-4H3;8H,4-7H2,1-3H3;2*7H,4-6H2,1-3H3;2*6H,4-5H2,1-3H3;2*5H,4H2,1-3H3;3-5H2,1-2H3;3-4H2,1-2H3;19*1H4. The van der Waals surface area contributed by atoms with Crippen molar-refractivity contribution >= 4 is 0 Å². The summed E-state index contributed by atoms with van der Waals surface area (Å²) in [6.45, 7) is 74.4. The van der Waals surface area contributed by atoms with Crippen molar-refractivity contribution in [3.8, 4) is 0 Å². The molecule has 0 N–H and O–H groups in total. The molecule has 0 saturated heterocycles. The van der Waals surface area contributed by atoms with E-state index < -0.39 is 0 Å². The van der Waals surface area contributed by atoms with Gasteiger partial charge in [0.1, 0.15) is 0 Å². The lowest BCUT2D eigenvalue weighted by Gasteiger charge is -2.20. The van der Waals surface area contributed by atoms with Crippen LogP contribution >= 0.6 is 0 Å². The second kappa shape index (κ2) is 191. The van der Waals surface area contributed by atoms with E-state index in [0.29, 0.717) is 0 Å². The van der Waals surface area contributed by atoms with Gasteiger partial charge in [-0.25, -0.2) is 0 Å². The van der Waals surface area contributed by atoms with E-state index in [4.69, 9.17) is 0 Å². The monoisotopic (exact) mass is 1320 g/mol. The van der Waals surface area contributed by atoms with E-state index in [-0.39, 0.29) is 141 Å². The fourth-order valence-electron chi connectivity index (χ4n) is 5.48. The first-order valence-corrected chi connectivity index (χ1v) is 33.4. The Kier molecular flexibility index (Phi) is 421. The van der Waals surface area contributed by atoms with Gasteiger partial charge in [-0.05, 0) is 65.1 Å². The third-order valence-electron chi connectivity index (χ3n) is 15.2. The van der Waals surface area contributed by atoms with Crippen LogP contribution in [0.25, 0.3) is 0 Å². The van der Waals surface area contributed by atoms with Gasteiger partial charge in [0.25, 0.3) is 0 Å². The van der Waals surface area contributed by atoms with Gasteiger partial charge in [0.15, 0.2) is 0 Å². The quantitative estimate of drug-likeness (QED) is 0.0769. The molecular formula is C90H240. The molecule has 0 aliphatic carbocycles. The molecule has 0 fully saturated rings. The second-order valence-corrected chi connectivity index (χ2v) is 23.2. The SMILES string of the molecule is C.C.C.C.C.C.C.C.C.C.C.C.C.C.C.C.C.C.C.CCC(C)C.CCC(C)C.CCC(C)C(C)CC.CCC(C)CC.CCC(C)CC.CCCC.CCCC(C)CC.CCCC(C)CC.CCCC(CC)C(C)CC.CCCCC.CCCCC(C)CC. The summed E-state index contributed by atoms with van der Waals surface area (Å²) in [5, 5.41) is 0. The van der Waals surface area contributed by atoms with Crippen LogP contribution in [0.1, 0.15) is 543 Å². The summed E-state index contributed by atoms with van der Waals surface area (Å²) in [4.78, 5) is 0. The predicted octanol–water partition coefficient (Wildman–Crippen LogP) is 40.9. The van der Waals surface area contributed by atoms with Crippen molar-refractivity contribution in [1.82, 2.24) is 0 Å². The molecule has 600 valence electrons. The zero-order valence-electron chi connectivity index (χ0n) is 58.4. The predicted molar refractivity (Wildman–Crippen MR) is 478 cm³/mol. The van der Waals surface area contributed by atoms with Crippen LogP contribution < -0.4 is 0 Å². The van der Waals surface area contributed by atoms with Crippen LogP contribution in [0, 0.1) is 65.1 Å². The highest BCUT2D eigenvalue weighted by Crippen LogP contribution is 2.23. The number of hydrogen-bond donors (Lipinski definition) is 0. The lowest BCUT2D eigenvalue weighted by Crippen LogP contribution is -2.09. The van der Waals surface area contributed by atoms with Crippen LogP contribution in [0.3, 0.4) is 0 Å².